The summed E-state index contributed by atoms with van der Waals surface area (Å²) < 4.78 is 0. The van der Waals surface area contributed by atoms with Crippen LogP contribution in [0.4, 0.5) is 0 Å². The van der Waals surface area contributed by atoms with Gasteiger partial charge in [-0.3, -0.25) is 0 Å². The van der Waals surface area contributed by atoms with E-state index in [4.69, 9.17) is 5.41 Å². The molecule has 1 rings (SSSR count). The first-order chi connectivity index (χ1) is 4.72. The second kappa shape index (κ2) is 3.15. The van der Waals surface area contributed by atoms with Gasteiger partial charge in [0.05, 0.1) is 6.10 Å². The van der Waals surface area contributed by atoms with Gasteiger partial charge in [0.25, 0.3) is 0 Å². The number of rotatable bonds is 1. The van der Waals surface area contributed by atoms with Crippen molar-refractivity contribution in [3.8, 4) is 0 Å². The summed E-state index contributed by atoms with van der Waals surface area (Å²) in [6, 6.07) is 0. The average Bonchev–Trinajstić information content (AvgIpc) is 1.88. The van der Waals surface area contributed by atoms with Crippen LogP contribution in [0.1, 0.15) is 32.6 Å². The topological polar surface area (TPSA) is 44.1 Å². The van der Waals surface area contributed by atoms with Gasteiger partial charge in [-0.05, 0) is 19.8 Å². The highest BCUT2D eigenvalue weighted by Gasteiger charge is 2.23. The van der Waals surface area contributed by atoms with Gasteiger partial charge in [0.2, 0.25) is 0 Å². The van der Waals surface area contributed by atoms with Crippen LogP contribution in [-0.4, -0.2) is 16.9 Å². The summed E-state index contributed by atoms with van der Waals surface area (Å²) in [6.07, 6.45) is 3.98. The van der Waals surface area contributed by atoms with Gasteiger partial charge in [-0.2, -0.15) is 0 Å². The lowest BCUT2D eigenvalue weighted by atomic mass is 9.84. The van der Waals surface area contributed by atoms with E-state index in [0.717, 1.165) is 19.3 Å². The zero-order valence-electron chi connectivity index (χ0n) is 6.43. The Morgan fingerprint density at radius 2 is 2.00 bits per heavy atom. The highest BCUT2D eigenvalue weighted by molar-refractivity contribution is 5.81. The number of hydrogen-bond donors (Lipinski definition) is 2. The molecule has 2 nitrogen and oxygen atoms in total. The van der Waals surface area contributed by atoms with Gasteiger partial charge in [-0.15, -0.1) is 0 Å². The second-order valence-corrected chi connectivity index (χ2v) is 3.14. The van der Waals surface area contributed by atoms with Gasteiger partial charge >= 0.3 is 0 Å². The predicted octanol–water partition coefficient (Wildman–Crippen LogP) is 1.58. The Bertz CT molecular complexity index is 133. The van der Waals surface area contributed by atoms with Crippen molar-refractivity contribution in [2.45, 2.75) is 38.7 Å². The van der Waals surface area contributed by atoms with Crippen molar-refractivity contribution in [3.63, 3.8) is 0 Å². The van der Waals surface area contributed by atoms with Crippen LogP contribution >= 0.6 is 0 Å². The lowest BCUT2D eigenvalue weighted by Gasteiger charge is -2.26. The van der Waals surface area contributed by atoms with Crippen LogP contribution in [0.2, 0.25) is 0 Å². The Labute approximate surface area is 61.8 Å². The monoisotopic (exact) mass is 141 g/mol. The van der Waals surface area contributed by atoms with Crippen LogP contribution in [0.15, 0.2) is 0 Å². The van der Waals surface area contributed by atoms with Gasteiger partial charge in [0.1, 0.15) is 0 Å². The molecule has 2 atom stereocenters. The van der Waals surface area contributed by atoms with Gasteiger partial charge in [0, 0.05) is 11.6 Å². The molecule has 0 aromatic carbocycles. The molecule has 1 aliphatic carbocycles. The van der Waals surface area contributed by atoms with E-state index < -0.39 is 0 Å². The number of nitrogens with one attached hydrogen (secondary N) is 1. The Balaban J connectivity index is 2.47. The molecule has 1 saturated carbocycles. The third-order valence-corrected chi connectivity index (χ3v) is 2.29. The molecule has 1 aliphatic rings. The molecule has 0 spiro atoms. The third-order valence-electron chi connectivity index (χ3n) is 2.29. The minimum atomic E-state index is -0.230. The standard InChI is InChI=1S/C8H15NO/c1-6(9)7-4-2-3-5-8(7)10/h7-10H,2-5H2,1H3. The molecule has 0 amide bonds. The van der Waals surface area contributed by atoms with Crippen LogP contribution in [0.25, 0.3) is 0 Å². The maximum atomic E-state index is 9.40. The van der Waals surface area contributed by atoms with E-state index in [-0.39, 0.29) is 12.0 Å². The molecule has 0 saturated heterocycles. The molecular formula is C8H15NO. The lowest BCUT2D eigenvalue weighted by molar-refractivity contribution is 0.101. The summed E-state index contributed by atoms with van der Waals surface area (Å²) >= 11 is 0. The first kappa shape index (κ1) is 7.73. The van der Waals surface area contributed by atoms with E-state index >= 15 is 0 Å². The summed E-state index contributed by atoms with van der Waals surface area (Å²) in [5, 5.41) is 16.8. The highest BCUT2D eigenvalue weighted by Crippen LogP contribution is 2.24. The molecule has 10 heavy (non-hydrogen) atoms. The minimum absolute atomic E-state index is 0.161. The normalized spacial score (nSPS) is 33.8. The van der Waals surface area contributed by atoms with E-state index in [9.17, 15) is 5.11 Å². The number of hydrogen-bond acceptors (Lipinski definition) is 2. The summed E-state index contributed by atoms with van der Waals surface area (Å²) in [4.78, 5) is 0. The van der Waals surface area contributed by atoms with Crippen molar-refractivity contribution >= 4 is 5.71 Å². The van der Waals surface area contributed by atoms with Crippen LogP contribution < -0.4 is 0 Å². The fourth-order valence-electron chi connectivity index (χ4n) is 1.62. The molecule has 1 fully saturated rings. The Morgan fingerprint density at radius 1 is 1.40 bits per heavy atom. The summed E-state index contributed by atoms with van der Waals surface area (Å²) in [7, 11) is 0. The smallest absolute Gasteiger partial charge is 0.0620 e. The molecular weight excluding hydrogens is 126 g/mol. The average molecular weight is 141 g/mol. The van der Waals surface area contributed by atoms with E-state index in [0.29, 0.717) is 5.71 Å². The lowest BCUT2D eigenvalue weighted by Crippen LogP contribution is -2.29. The zero-order valence-corrected chi connectivity index (χ0v) is 6.43. The first-order valence-electron chi connectivity index (χ1n) is 3.95. The molecule has 2 heteroatoms. The van der Waals surface area contributed by atoms with Gasteiger partial charge in [-0.1, -0.05) is 12.8 Å². The summed E-state index contributed by atoms with van der Waals surface area (Å²) in [5.41, 5.74) is 0.646. The number of aliphatic hydroxyl groups excluding tert-OH is 1. The van der Waals surface area contributed by atoms with E-state index in [1.807, 2.05) is 0 Å². The maximum absolute atomic E-state index is 9.40. The quantitative estimate of drug-likeness (QED) is 0.535. The molecule has 58 valence electrons. The first-order valence-corrected chi connectivity index (χ1v) is 3.95. The molecule has 2 unspecified atom stereocenters. The van der Waals surface area contributed by atoms with Crippen molar-refractivity contribution in [2.75, 3.05) is 0 Å². The van der Waals surface area contributed by atoms with Crippen LogP contribution in [-0.2, 0) is 0 Å². The van der Waals surface area contributed by atoms with Gasteiger partial charge in [-0.25, -0.2) is 0 Å². The summed E-state index contributed by atoms with van der Waals surface area (Å²) in [5.74, 6) is 0.161. The molecule has 0 aromatic rings. The fraction of sp³-hybridized carbons (Fsp3) is 0.875. The summed E-state index contributed by atoms with van der Waals surface area (Å²) in [6.45, 7) is 1.79. The highest BCUT2D eigenvalue weighted by atomic mass is 16.3. The Kier molecular flexibility index (Phi) is 2.44. The van der Waals surface area contributed by atoms with E-state index in [2.05, 4.69) is 0 Å². The number of aliphatic hydroxyl groups is 1. The second-order valence-electron chi connectivity index (χ2n) is 3.14. The molecule has 2 N–H and O–H groups in total. The van der Waals surface area contributed by atoms with Crippen LogP contribution in [0.5, 0.6) is 0 Å². The van der Waals surface area contributed by atoms with E-state index in [1.54, 1.807) is 6.92 Å². The van der Waals surface area contributed by atoms with Crippen LogP contribution in [0.3, 0.4) is 0 Å². The molecule has 0 bridgehead atoms. The van der Waals surface area contributed by atoms with Crippen molar-refractivity contribution < 1.29 is 5.11 Å². The Morgan fingerprint density at radius 3 is 2.40 bits per heavy atom. The molecule has 0 radical (unpaired) electrons. The molecule has 0 aromatic heterocycles. The van der Waals surface area contributed by atoms with E-state index in [1.165, 1.54) is 6.42 Å². The largest absolute Gasteiger partial charge is 0.392 e. The fourth-order valence-corrected chi connectivity index (χ4v) is 1.62. The third kappa shape index (κ3) is 1.57. The Hall–Kier alpha value is -0.370. The van der Waals surface area contributed by atoms with Crippen molar-refractivity contribution in [2.24, 2.45) is 5.92 Å². The van der Waals surface area contributed by atoms with Crippen molar-refractivity contribution in [1.82, 2.24) is 0 Å². The van der Waals surface area contributed by atoms with Crippen molar-refractivity contribution in [1.29, 1.82) is 5.41 Å². The maximum Gasteiger partial charge on any atom is 0.0620 e. The SMILES string of the molecule is CC(=N)C1CCCCC1O. The predicted molar refractivity (Wildman–Crippen MR) is 41.4 cm³/mol. The van der Waals surface area contributed by atoms with Crippen LogP contribution in [0, 0.1) is 11.3 Å². The van der Waals surface area contributed by atoms with Crippen molar-refractivity contribution in [3.05, 3.63) is 0 Å². The molecule has 0 heterocycles. The minimum Gasteiger partial charge on any atom is -0.392 e. The van der Waals surface area contributed by atoms with Gasteiger partial charge in [0.15, 0.2) is 0 Å². The van der Waals surface area contributed by atoms with Gasteiger partial charge < -0.3 is 10.5 Å². The zero-order chi connectivity index (χ0) is 7.56. The molecule has 0 aliphatic heterocycles.